The number of nitrogens with zero attached hydrogens (tertiary/aromatic N) is 1. The minimum Gasteiger partial charge on any atom is -0.440 e. The zero-order valence-corrected chi connectivity index (χ0v) is 18.1. The van der Waals surface area contributed by atoms with Gasteiger partial charge in [0.15, 0.2) is 11.5 Å². The van der Waals surface area contributed by atoms with Crippen LogP contribution < -0.4 is 0 Å². The summed E-state index contributed by atoms with van der Waals surface area (Å²) in [6.45, 7) is 11.0. The van der Waals surface area contributed by atoms with E-state index in [0.29, 0.717) is 12.5 Å². The van der Waals surface area contributed by atoms with E-state index in [-0.39, 0.29) is 0 Å². The Bertz CT molecular complexity index is 634. The summed E-state index contributed by atoms with van der Waals surface area (Å²) in [5, 5.41) is 8.24. The molecule has 4 heteroatoms. The molecule has 0 radical (unpaired) electrons. The highest BCUT2D eigenvalue weighted by atomic mass is 79.9. The van der Waals surface area contributed by atoms with Crippen molar-refractivity contribution >= 4 is 27.0 Å². The van der Waals surface area contributed by atoms with Gasteiger partial charge < -0.3 is 9.52 Å². The van der Waals surface area contributed by atoms with Crippen molar-refractivity contribution in [2.24, 2.45) is 5.92 Å². The van der Waals surface area contributed by atoms with Gasteiger partial charge in [-0.15, -0.1) is 0 Å². The molecular formula is C21H34BrNO2. The van der Waals surface area contributed by atoms with E-state index < -0.39 is 0 Å². The molecule has 0 bridgehead atoms. The quantitative estimate of drug-likeness (QED) is 0.540. The van der Waals surface area contributed by atoms with Crippen LogP contribution >= 0.6 is 15.9 Å². The highest BCUT2D eigenvalue weighted by Gasteiger charge is 2.15. The zero-order valence-electron chi connectivity index (χ0n) is 16.5. The minimum atomic E-state index is 0.331. The summed E-state index contributed by atoms with van der Waals surface area (Å²) < 4.78 is 6.95. The molecule has 0 aliphatic heterocycles. The molecule has 2 aromatic rings. The van der Waals surface area contributed by atoms with Gasteiger partial charge in [-0.05, 0) is 64.7 Å². The third-order valence-electron chi connectivity index (χ3n) is 4.17. The number of hydrogen-bond donors (Lipinski definition) is 1. The summed E-state index contributed by atoms with van der Waals surface area (Å²) in [5.41, 5.74) is 4.75. The first kappa shape index (κ1) is 22.2. The number of aryl methyl sites for hydroxylation is 2. The number of aromatic nitrogens is 1. The highest BCUT2D eigenvalue weighted by molar-refractivity contribution is 9.10. The molecule has 0 aliphatic carbocycles. The van der Waals surface area contributed by atoms with E-state index in [9.17, 15) is 0 Å². The summed E-state index contributed by atoms with van der Waals surface area (Å²) in [5.74, 6) is 1.47. The Balaban J connectivity index is 0.000000450. The molecule has 0 unspecified atom stereocenters. The molecule has 1 aromatic heterocycles. The van der Waals surface area contributed by atoms with Gasteiger partial charge in [0, 0.05) is 13.0 Å². The van der Waals surface area contributed by atoms with Crippen molar-refractivity contribution in [3.05, 3.63) is 27.6 Å². The van der Waals surface area contributed by atoms with Crippen molar-refractivity contribution in [1.29, 1.82) is 0 Å². The predicted molar refractivity (Wildman–Crippen MR) is 110 cm³/mol. The van der Waals surface area contributed by atoms with Gasteiger partial charge in [-0.25, -0.2) is 4.98 Å². The maximum atomic E-state index is 8.24. The number of unbranched alkanes of at least 4 members (excludes halogenated alkanes) is 1. The normalized spacial score (nSPS) is 11.0. The first-order chi connectivity index (χ1) is 12.0. The van der Waals surface area contributed by atoms with Crippen molar-refractivity contribution in [1.82, 2.24) is 4.98 Å². The number of hydrogen-bond acceptors (Lipinski definition) is 3. The summed E-state index contributed by atoms with van der Waals surface area (Å²) in [6, 6.07) is 2.23. The molecule has 0 spiro atoms. The van der Waals surface area contributed by atoms with Crippen LogP contribution in [0, 0.1) is 5.92 Å². The van der Waals surface area contributed by atoms with E-state index in [4.69, 9.17) is 9.52 Å². The largest absolute Gasteiger partial charge is 0.440 e. The second-order valence-corrected chi connectivity index (χ2v) is 7.69. The van der Waals surface area contributed by atoms with Gasteiger partial charge in [-0.1, -0.05) is 47.5 Å². The Morgan fingerprint density at radius 3 is 2.36 bits per heavy atom. The maximum Gasteiger partial charge on any atom is 0.195 e. The van der Waals surface area contributed by atoms with Crippen LogP contribution in [0.3, 0.4) is 0 Å². The van der Waals surface area contributed by atoms with Crippen LogP contribution in [0.25, 0.3) is 11.1 Å². The molecule has 1 aromatic carbocycles. The molecule has 0 aliphatic rings. The van der Waals surface area contributed by atoms with Crippen LogP contribution in [-0.2, 0) is 19.3 Å². The van der Waals surface area contributed by atoms with Gasteiger partial charge in [-0.3, -0.25) is 0 Å². The summed E-state index contributed by atoms with van der Waals surface area (Å²) in [4.78, 5) is 4.57. The number of halogens is 1. The lowest BCUT2D eigenvalue weighted by molar-refractivity contribution is 0.268. The van der Waals surface area contributed by atoms with Crippen molar-refractivity contribution in [3.8, 4) is 0 Å². The first-order valence-corrected chi connectivity index (χ1v) is 10.5. The topological polar surface area (TPSA) is 46.3 Å². The maximum absolute atomic E-state index is 8.24. The van der Waals surface area contributed by atoms with Gasteiger partial charge in [0.1, 0.15) is 5.52 Å². The van der Waals surface area contributed by atoms with Crippen LogP contribution in [0.15, 0.2) is 15.0 Å². The van der Waals surface area contributed by atoms with Gasteiger partial charge >= 0.3 is 0 Å². The summed E-state index contributed by atoms with van der Waals surface area (Å²) in [7, 11) is 0. The van der Waals surface area contributed by atoms with Gasteiger partial charge in [0.05, 0.1) is 4.47 Å². The van der Waals surface area contributed by atoms with Gasteiger partial charge in [-0.2, -0.15) is 0 Å². The lowest BCUT2D eigenvalue weighted by Gasteiger charge is -2.11. The molecule has 0 fully saturated rings. The van der Waals surface area contributed by atoms with E-state index in [0.717, 1.165) is 53.6 Å². The third-order valence-corrected chi connectivity index (χ3v) is 5.01. The Kier molecular flexibility index (Phi) is 10.4. The molecule has 3 nitrogen and oxygen atoms in total. The van der Waals surface area contributed by atoms with E-state index in [2.05, 4.69) is 61.6 Å². The molecule has 0 saturated heterocycles. The average molecular weight is 412 g/mol. The van der Waals surface area contributed by atoms with E-state index in [1.165, 1.54) is 24.0 Å². The highest BCUT2D eigenvalue weighted by Crippen LogP contribution is 2.33. The molecule has 1 N–H and O–H groups in total. The SMILES string of the molecule is CC(C)CCO.CCCCc1cc2nc(CC)oc2c(Br)c1CCC. The van der Waals surface area contributed by atoms with Gasteiger partial charge in [0.25, 0.3) is 0 Å². The van der Waals surface area contributed by atoms with E-state index in [1.54, 1.807) is 0 Å². The Hall–Kier alpha value is -0.870. The van der Waals surface area contributed by atoms with Crippen LogP contribution in [0.5, 0.6) is 0 Å². The number of oxazole rings is 1. The fraction of sp³-hybridized carbons (Fsp3) is 0.667. The Labute approximate surface area is 161 Å². The van der Waals surface area contributed by atoms with Gasteiger partial charge in [0.2, 0.25) is 0 Å². The molecule has 25 heavy (non-hydrogen) atoms. The number of aliphatic hydroxyl groups excluding tert-OH is 1. The fourth-order valence-corrected chi connectivity index (χ4v) is 3.42. The third kappa shape index (κ3) is 6.74. The Morgan fingerprint density at radius 2 is 1.88 bits per heavy atom. The summed E-state index contributed by atoms with van der Waals surface area (Å²) in [6.07, 6.45) is 7.60. The molecule has 0 saturated carbocycles. The van der Waals surface area contributed by atoms with Crippen LogP contribution in [0.4, 0.5) is 0 Å². The van der Waals surface area contributed by atoms with Crippen LogP contribution in [0.2, 0.25) is 0 Å². The smallest absolute Gasteiger partial charge is 0.195 e. The number of rotatable bonds is 8. The fourth-order valence-electron chi connectivity index (χ4n) is 2.68. The minimum absolute atomic E-state index is 0.331. The second-order valence-electron chi connectivity index (χ2n) is 6.90. The number of aliphatic hydroxyl groups is 1. The van der Waals surface area contributed by atoms with Crippen molar-refractivity contribution < 1.29 is 9.52 Å². The molecule has 142 valence electrons. The lowest BCUT2D eigenvalue weighted by atomic mass is 9.98. The summed E-state index contributed by atoms with van der Waals surface area (Å²) >= 11 is 3.73. The molecule has 1 heterocycles. The molecule has 0 atom stereocenters. The number of fused-ring (bicyclic) bond motifs is 1. The van der Waals surface area contributed by atoms with E-state index >= 15 is 0 Å². The van der Waals surface area contributed by atoms with Crippen LogP contribution in [-0.4, -0.2) is 16.7 Å². The number of benzene rings is 1. The van der Waals surface area contributed by atoms with Crippen molar-refractivity contribution in [3.63, 3.8) is 0 Å². The zero-order chi connectivity index (χ0) is 18.8. The van der Waals surface area contributed by atoms with Crippen molar-refractivity contribution in [2.45, 2.75) is 79.6 Å². The molecular weight excluding hydrogens is 378 g/mol. The average Bonchev–Trinajstić information content (AvgIpc) is 3.00. The standard InChI is InChI=1S/C16H22BrNO.C5H12O/c1-4-7-9-11-10-13-16(19-14(6-3)18-13)15(17)12(11)8-5-2;1-5(2)3-4-6/h10H,4-9H2,1-3H3;5-6H,3-4H2,1-2H3. The predicted octanol–water partition coefficient (Wildman–Crippen LogP) is 6.47. The van der Waals surface area contributed by atoms with Crippen LogP contribution in [0.1, 0.15) is 77.3 Å². The monoisotopic (exact) mass is 411 g/mol. The lowest BCUT2D eigenvalue weighted by Crippen LogP contribution is -1.96. The molecule has 0 amide bonds. The van der Waals surface area contributed by atoms with Crippen molar-refractivity contribution in [2.75, 3.05) is 6.61 Å². The Morgan fingerprint density at radius 1 is 1.16 bits per heavy atom. The second kappa shape index (κ2) is 11.7. The molecule has 2 rings (SSSR count). The van der Waals surface area contributed by atoms with E-state index in [1.807, 2.05) is 0 Å². The first-order valence-electron chi connectivity index (χ1n) is 9.68.